The van der Waals surface area contributed by atoms with Crippen molar-refractivity contribution in [3.8, 4) is 27.6 Å². The highest BCUT2D eigenvalue weighted by molar-refractivity contribution is 7.14. The van der Waals surface area contributed by atoms with Gasteiger partial charge in [0, 0.05) is 12.6 Å². The van der Waals surface area contributed by atoms with Crippen molar-refractivity contribution in [2.45, 2.75) is 6.92 Å². The third-order valence-corrected chi connectivity index (χ3v) is 5.35. The molecule has 0 aliphatic rings. The predicted molar refractivity (Wildman–Crippen MR) is 99.8 cm³/mol. The summed E-state index contributed by atoms with van der Waals surface area (Å²) in [6.07, 6.45) is 0. The third kappa shape index (κ3) is 3.00. The Morgan fingerprint density at radius 2 is 1.96 bits per heavy atom. The van der Waals surface area contributed by atoms with Crippen LogP contribution in [-0.2, 0) is 11.8 Å². The van der Waals surface area contributed by atoms with E-state index >= 15 is 0 Å². The van der Waals surface area contributed by atoms with Gasteiger partial charge in [-0.05, 0) is 29.5 Å². The van der Waals surface area contributed by atoms with Gasteiger partial charge in [-0.2, -0.15) is 9.65 Å². The van der Waals surface area contributed by atoms with E-state index in [1.54, 1.807) is 19.1 Å². The molecule has 0 unspecified atom stereocenters. The maximum absolute atomic E-state index is 14.4. The third-order valence-electron chi connectivity index (χ3n) is 3.96. The Morgan fingerprint density at radius 3 is 2.50 bits per heavy atom. The molecule has 0 saturated carbocycles. The van der Waals surface area contributed by atoms with Crippen LogP contribution in [0.25, 0.3) is 21.6 Å². The molecule has 0 spiro atoms. The molecule has 0 aliphatic carbocycles. The van der Waals surface area contributed by atoms with Crippen LogP contribution in [0.1, 0.15) is 23.0 Å². The van der Waals surface area contributed by atoms with E-state index in [1.807, 2.05) is 29.6 Å². The number of benzene rings is 1. The summed E-state index contributed by atoms with van der Waals surface area (Å²) < 4.78 is 20.5. The number of aromatic nitrogens is 1. The molecule has 26 heavy (non-hydrogen) atoms. The first kappa shape index (κ1) is 18.2. The number of nitriles is 1. The summed E-state index contributed by atoms with van der Waals surface area (Å²) in [4.78, 5) is 13.2. The molecule has 132 valence electrons. The average Bonchev–Trinajstić information content (AvgIpc) is 3.17. The number of thiophene rings is 1. The van der Waals surface area contributed by atoms with Crippen LogP contribution in [-0.4, -0.2) is 17.1 Å². The van der Waals surface area contributed by atoms with E-state index in [9.17, 15) is 14.4 Å². The summed E-state index contributed by atoms with van der Waals surface area (Å²) in [6.45, 7) is 1.82. The molecule has 0 fully saturated rings. The number of halogens is 2. The second-order valence-corrected chi connectivity index (χ2v) is 6.78. The van der Waals surface area contributed by atoms with E-state index in [4.69, 9.17) is 16.3 Å². The van der Waals surface area contributed by atoms with Crippen LogP contribution < -0.4 is 0 Å². The Morgan fingerprint density at radius 1 is 1.31 bits per heavy atom. The minimum absolute atomic E-state index is 0.0165. The lowest BCUT2D eigenvalue weighted by atomic mass is 10.00. The largest absolute Gasteiger partial charge is 0.461 e. The minimum Gasteiger partial charge on any atom is -0.461 e. The average molecular weight is 389 g/mol. The van der Waals surface area contributed by atoms with Crippen molar-refractivity contribution >= 4 is 28.9 Å². The number of carbonyl (C=O) groups excluding carboxylic acids is 1. The molecule has 1 aromatic carbocycles. The normalized spacial score (nSPS) is 10.6. The summed E-state index contributed by atoms with van der Waals surface area (Å²) in [7, 11) is 1.39. The van der Waals surface area contributed by atoms with Crippen LogP contribution >= 0.6 is 22.9 Å². The van der Waals surface area contributed by atoms with Gasteiger partial charge in [0.2, 0.25) is 5.95 Å². The van der Waals surface area contributed by atoms with Gasteiger partial charge in [-0.3, -0.25) is 0 Å². The van der Waals surface area contributed by atoms with Crippen LogP contribution in [0.4, 0.5) is 4.39 Å². The van der Waals surface area contributed by atoms with Crippen molar-refractivity contribution in [1.82, 2.24) is 4.57 Å². The quantitative estimate of drug-likeness (QED) is 0.573. The minimum atomic E-state index is -0.768. The second kappa shape index (κ2) is 7.32. The van der Waals surface area contributed by atoms with Gasteiger partial charge in [-0.1, -0.05) is 35.9 Å². The first-order chi connectivity index (χ1) is 12.5. The fraction of sp³-hybridized carbons (Fsp3) is 0.158. The van der Waals surface area contributed by atoms with Gasteiger partial charge in [-0.25, -0.2) is 4.79 Å². The standard InChI is InChI=1S/C19H14ClFN2O2S/c1-3-25-19(24)16-15(13(10-22)18(21)23(16)2)11-4-6-12(7-5-11)17-14(20)8-9-26-17/h4-9H,3H2,1-2H3. The van der Waals surface area contributed by atoms with Crippen molar-refractivity contribution in [1.29, 1.82) is 5.26 Å². The number of carbonyl (C=O) groups is 1. The lowest BCUT2D eigenvalue weighted by Gasteiger charge is -2.08. The molecule has 0 atom stereocenters. The molecule has 0 saturated heterocycles. The van der Waals surface area contributed by atoms with Crippen molar-refractivity contribution in [3.05, 3.63) is 57.9 Å². The van der Waals surface area contributed by atoms with Crippen LogP contribution in [0.5, 0.6) is 0 Å². The zero-order valence-electron chi connectivity index (χ0n) is 14.0. The van der Waals surface area contributed by atoms with Gasteiger partial charge < -0.3 is 9.30 Å². The van der Waals surface area contributed by atoms with Crippen LogP contribution in [0.2, 0.25) is 5.02 Å². The first-order valence-electron chi connectivity index (χ1n) is 7.78. The molecule has 3 aromatic rings. The molecule has 2 heterocycles. The maximum atomic E-state index is 14.4. The van der Waals surface area contributed by atoms with Gasteiger partial charge in [0.25, 0.3) is 0 Å². The smallest absolute Gasteiger partial charge is 0.355 e. The van der Waals surface area contributed by atoms with E-state index in [-0.39, 0.29) is 23.4 Å². The lowest BCUT2D eigenvalue weighted by molar-refractivity contribution is 0.0514. The Bertz CT molecular complexity index is 1020. The molecule has 0 amide bonds. The number of esters is 1. The van der Waals surface area contributed by atoms with Crippen LogP contribution in [0.3, 0.4) is 0 Å². The highest BCUT2D eigenvalue weighted by Crippen LogP contribution is 2.36. The van der Waals surface area contributed by atoms with E-state index in [0.29, 0.717) is 10.6 Å². The highest BCUT2D eigenvalue weighted by atomic mass is 35.5. The van der Waals surface area contributed by atoms with Gasteiger partial charge in [0.05, 0.1) is 16.5 Å². The van der Waals surface area contributed by atoms with E-state index in [2.05, 4.69) is 0 Å². The molecule has 7 heteroatoms. The predicted octanol–water partition coefficient (Wildman–Crippen LogP) is 5.26. The molecule has 0 radical (unpaired) electrons. The first-order valence-corrected chi connectivity index (χ1v) is 9.04. The van der Waals surface area contributed by atoms with Gasteiger partial charge in [0.1, 0.15) is 17.3 Å². The second-order valence-electron chi connectivity index (χ2n) is 5.46. The number of rotatable bonds is 4. The number of ether oxygens (including phenoxy) is 1. The number of hydrogen-bond acceptors (Lipinski definition) is 4. The Labute approximate surface area is 159 Å². The highest BCUT2D eigenvalue weighted by Gasteiger charge is 2.27. The number of hydrogen-bond donors (Lipinski definition) is 0. The zero-order chi connectivity index (χ0) is 18.8. The molecular weight excluding hydrogens is 375 g/mol. The lowest BCUT2D eigenvalue weighted by Crippen LogP contribution is -2.11. The molecule has 3 rings (SSSR count). The SMILES string of the molecule is CCOC(=O)c1c(-c2ccc(-c3sccc3Cl)cc2)c(C#N)c(F)n1C. The van der Waals surface area contributed by atoms with E-state index < -0.39 is 11.9 Å². The topological polar surface area (TPSA) is 55.0 Å². The molecule has 0 bridgehead atoms. The van der Waals surface area contributed by atoms with Crippen molar-refractivity contribution in [2.24, 2.45) is 7.05 Å². The number of nitrogens with zero attached hydrogens (tertiary/aromatic N) is 2. The van der Waals surface area contributed by atoms with Gasteiger partial charge in [0.15, 0.2) is 0 Å². The fourth-order valence-electron chi connectivity index (χ4n) is 2.76. The molecule has 0 N–H and O–H groups in total. The monoisotopic (exact) mass is 388 g/mol. The van der Waals surface area contributed by atoms with Crippen molar-refractivity contribution in [2.75, 3.05) is 6.61 Å². The summed E-state index contributed by atoms with van der Waals surface area (Å²) in [5, 5.41) is 11.9. The van der Waals surface area contributed by atoms with Crippen molar-refractivity contribution in [3.63, 3.8) is 0 Å². The zero-order valence-corrected chi connectivity index (χ0v) is 15.6. The van der Waals surface area contributed by atoms with Gasteiger partial charge in [-0.15, -0.1) is 11.3 Å². The van der Waals surface area contributed by atoms with E-state index in [1.165, 1.54) is 18.4 Å². The summed E-state index contributed by atoms with van der Waals surface area (Å²) in [6, 6.07) is 10.8. The summed E-state index contributed by atoms with van der Waals surface area (Å²) in [5.74, 6) is -1.44. The maximum Gasteiger partial charge on any atom is 0.355 e. The molecular formula is C19H14ClFN2O2S. The Kier molecular flexibility index (Phi) is 5.12. The van der Waals surface area contributed by atoms with Crippen LogP contribution in [0, 0.1) is 17.3 Å². The molecule has 2 aromatic heterocycles. The fourth-order valence-corrected chi connectivity index (χ4v) is 3.94. The van der Waals surface area contributed by atoms with Crippen LogP contribution in [0.15, 0.2) is 35.7 Å². The molecule has 0 aliphatic heterocycles. The van der Waals surface area contributed by atoms with Gasteiger partial charge >= 0.3 is 5.97 Å². The summed E-state index contributed by atoms with van der Waals surface area (Å²) >= 11 is 7.67. The van der Waals surface area contributed by atoms with E-state index in [0.717, 1.165) is 15.0 Å². The summed E-state index contributed by atoms with van der Waals surface area (Å²) in [5.41, 5.74) is 1.52. The Hall–Kier alpha value is -2.62. The van der Waals surface area contributed by atoms with Crippen molar-refractivity contribution < 1.29 is 13.9 Å². The molecule has 4 nitrogen and oxygen atoms in total. The Balaban J connectivity index is 2.14.